The molecule has 1 heterocycles. The van der Waals surface area contributed by atoms with Gasteiger partial charge in [0.1, 0.15) is 0 Å². The number of carbonyl (C=O) groups is 1. The summed E-state index contributed by atoms with van der Waals surface area (Å²) in [6.45, 7) is 2.92. The molecule has 1 fully saturated rings. The molecule has 0 saturated carbocycles. The molecule has 1 aliphatic rings. The van der Waals surface area contributed by atoms with Gasteiger partial charge in [0, 0.05) is 30.5 Å². The quantitative estimate of drug-likeness (QED) is 0.889. The second-order valence-electron chi connectivity index (χ2n) is 4.89. The fraction of sp³-hybridized carbons (Fsp3) is 0.500. The lowest BCUT2D eigenvalue weighted by molar-refractivity contribution is -0.122. The third kappa shape index (κ3) is 4.55. The highest BCUT2D eigenvalue weighted by Crippen LogP contribution is 2.25. The van der Waals surface area contributed by atoms with Gasteiger partial charge in [0.05, 0.1) is 16.1 Å². The van der Waals surface area contributed by atoms with E-state index in [1.54, 1.807) is 12.1 Å². The van der Waals surface area contributed by atoms with Crippen molar-refractivity contribution in [3.63, 3.8) is 0 Å². The first-order chi connectivity index (χ1) is 9.56. The summed E-state index contributed by atoms with van der Waals surface area (Å²) >= 11 is 13.8. The van der Waals surface area contributed by atoms with E-state index in [-0.39, 0.29) is 18.0 Å². The van der Waals surface area contributed by atoms with Crippen LogP contribution in [0.25, 0.3) is 0 Å². The van der Waals surface area contributed by atoms with E-state index in [1.807, 2.05) is 24.8 Å². The zero-order valence-electron chi connectivity index (χ0n) is 11.3. The Morgan fingerprint density at radius 1 is 1.50 bits per heavy atom. The largest absolute Gasteiger partial charge is 0.350 e. The van der Waals surface area contributed by atoms with Crippen molar-refractivity contribution in [3.05, 3.63) is 33.8 Å². The maximum Gasteiger partial charge on any atom is 0.222 e. The van der Waals surface area contributed by atoms with Crippen molar-refractivity contribution in [2.45, 2.75) is 25.4 Å². The number of hydrogen-bond acceptors (Lipinski definition) is 3. The van der Waals surface area contributed by atoms with Crippen LogP contribution in [0, 0.1) is 0 Å². The van der Waals surface area contributed by atoms with Crippen molar-refractivity contribution in [1.82, 2.24) is 10.6 Å². The van der Waals surface area contributed by atoms with Crippen molar-refractivity contribution in [1.29, 1.82) is 0 Å². The van der Waals surface area contributed by atoms with Crippen LogP contribution in [0.1, 0.15) is 24.9 Å². The van der Waals surface area contributed by atoms with Crippen molar-refractivity contribution >= 4 is 40.9 Å². The molecular weight excluding hydrogens is 315 g/mol. The lowest BCUT2D eigenvalue weighted by Gasteiger charge is -2.23. The van der Waals surface area contributed by atoms with Crippen LogP contribution in [-0.2, 0) is 4.79 Å². The van der Waals surface area contributed by atoms with Crippen molar-refractivity contribution < 1.29 is 4.79 Å². The van der Waals surface area contributed by atoms with Crippen molar-refractivity contribution in [2.24, 2.45) is 0 Å². The van der Waals surface area contributed by atoms with E-state index in [0.717, 1.165) is 23.6 Å². The lowest BCUT2D eigenvalue weighted by atomic mass is 10.1. The summed E-state index contributed by atoms with van der Waals surface area (Å²) in [7, 11) is 0. The molecule has 2 rings (SSSR count). The smallest absolute Gasteiger partial charge is 0.222 e. The predicted octanol–water partition coefficient (Wildman–Crippen LogP) is 3.27. The highest BCUT2D eigenvalue weighted by Gasteiger charge is 2.18. The Balaban J connectivity index is 1.87. The first kappa shape index (κ1) is 16.0. The van der Waals surface area contributed by atoms with Crippen LogP contribution in [-0.4, -0.2) is 30.0 Å². The Bertz CT molecular complexity index is 478. The Kier molecular flexibility index (Phi) is 6.02. The van der Waals surface area contributed by atoms with Gasteiger partial charge in [-0.25, -0.2) is 0 Å². The predicted molar refractivity (Wildman–Crippen MR) is 86.8 cm³/mol. The van der Waals surface area contributed by atoms with E-state index in [1.165, 1.54) is 0 Å². The van der Waals surface area contributed by atoms with Gasteiger partial charge in [0.2, 0.25) is 5.91 Å². The molecule has 1 aromatic carbocycles. The average Bonchev–Trinajstić information content (AvgIpc) is 2.42. The zero-order valence-corrected chi connectivity index (χ0v) is 13.6. The summed E-state index contributed by atoms with van der Waals surface area (Å²) in [4.78, 5) is 12.0. The van der Waals surface area contributed by atoms with Crippen LogP contribution in [0.3, 0.4) is 0 Å². The van der Waals surface area contributed by atoms with Gasteiger partial charge in [-0.1, -0.05) is 29.3 Å². The van der Waals surface area contributed by atoms with Gasteiger partial charge >= 0.3 is 0 Å². The highest BCUT2D eigenvalue weighted by atomic mass is 35.5. The van der Waals surface area contributed by atoms with Gasteiger partial charge in [-0.05, 0) is 24.6 Å². The Morgan fingerprint density at radius 3 is 2.95 bits per heavy atom. The molecule has 0 aromatic heterocycles. The lowest BCUT2D eigenvalue weighted by Crippen LogP contribution is -2.41. The summed E-state index contributed by atoms with van der Waals surface area (Å²) in [5.74, 6) is 2.18. The zero-order chi connectivity index (χ0) is 14.5. The number of amides is 1. The fourth-order valence-electron chi connectivity index (χ4n) is 2.14. The summed E-state index contributed by atoms with van der Waals surface area (Å²) in [5.41, 5.74) is 0.957. The summed E-state index contributed by atoms with van der Waals surface area (Å²) in [5, 5.41) is 7.39. The average molecular weight is 333 g/mol. The molecule has 0 bridgehead atoms. The number of benzene rings is 1. The van der Waals surface area contributed by atoms with E-state index < -0.39 is 0 Å². The molecule has 110 valence electrons. The Labute approximate surface area is 133 Å². The number of nitrogens with one attached hydrogen (secondary N) is 2. The molecule has 2 N–H and O–H groups in total. The van der Waals surface area contributed by atoms with Gasteiger partial charge in [-0.3, -0.25) is 4.79 Å². The topological polar surface area (TPSA) is 41.1 Å². The van der Waals surface area contributed by atoms with Gasteiger partial charge in [0.15, 0.2) is 0 Å². The number of thioether (sulfide) groups is 1. The van der Waals surface area contributed by atoms with Gasteiger partial charge < -0.3 is 10.6 Å². The molecule has 2 atom stereocenters. The molecule has 1 saturated heterocycles. The maximum atomic E-state index is 12.0. The Hall–Kier alpha value is -0.420. The molecule has 0 spiro atoms. The van der Waals surface area contributed by atoms with Crippen LogP contribution in [0.2, 0.25) is 10.0 Å². The van der Waals surface area contributed by atoms with E-state index in [0.29, 0.717) is 16.5 Å². The van der Waals surface area contributed by atoms with Crippen LogP contribution < -0.4 is 10.6 Å². The fourth-order valence-corrected chi connectivity index (χ4v) is 3.40. The normalized spacial score (nSPS) is 20.4. The summed E-state index contributed by atoms with van der Waals surface area (Å²) in [6.07, 6.45) is 0.513. The molecular formula is C14H18Cl2N2OS. The third-order valence-corrected chi connectivity index (χ3v) is 5.12. The molecule has 2 unspecified atom stereocenters. The number of hydrogen-bond donors (Lipinski definition) is 2. The number of rotatable bonds is 4. The molecule has 0 aliphatic carbocycles. The molecule has 0 radical (unpaired) electrons. The van der Waals surface area contributed by atoms with E-state index >= 15 is 0 Å². The molecule has 1 aromatic rings. The molecule has 6 heteroatoms. The van der Waals surface area contributed by atoms with E-state index in [2.05, 4.69) is 10.6 Å². The Morgan fingerprint density at radius 2 is 2.30 bits per heavy atom. The second-order valence-corrected chi connectivity index (χ2v) is 6.86. The minimum absolute atomic E-state index is 0.0589. The van der Waals surface area contributed by atoms with Crippen LogP contribution >= 0.6 is 35.0 Å². The molecule has 20 heavy (non-hydrogen) atoms. The number of carbonyl (C=O) groups excluding carboxylic acids is 1. The standard InChI is InChI=1S/C14H18Cl2N2OS/c1-9(10-2-3-12(15)13(16)6-10)18-14(19)7-11-8-20-5-4-17-11/h2-3,6,9,11,17H,4-5,7-8H2,1H3,(H,18,19). The number of halogens is 2. The van der Waals surface area contributed by atoms with Gasteiger partial charge in [-0.2, -0.15) is 11.8 Å². The van der Waals surface area contributed by atoms with Crippen LogP contribution in [0.5, 0.6) is 0 Å². The second kappa shape index (κ2) is 7.55. The van der Waals surface area contributed by atoms with Gasteiger partial charge in [-0.15, -0.1) is 0 Å². The first-order valence-electron chi connectivity index (χ1n) is 6.61. The van der Waals surface area contributed by atoms with Crippen LogP contribution in [0.15, 0.2) is 18.2 Å². The molecule has 3 nitrogen and oxygen atoms in total. The third-order valence-electron chi connectivity index (χ3n) is 3.25. The first-order valence-corrected chi connectivity index (χ1v) is 8.53. The van der Waals surface area contributed by atoms with Crippen LogP contribution in [0.4, 0.5) is 0 Å². The summed E-state index contributed by atoms with van der Waals surface area (Å²) in [6, 6.07) is 5.63. The minimum Gasteiger partial charge on any atom is -0.350 e. The summed E-state index contributed by atoms with van der Waals surface area (Å²) < 4.78 is 0. The minimum atomic E-state index is -0.0755. The van der Waals surface area contributed by atoms with Crippen molar-refractivity contribution in [2.75, 3.05) is 18.1 Å². The van der Waals surface area contributed by atoms with E-state index in [4.69, 9.17) is 23.2 Å². The van der Waals surface area contributed by atoms with Crippen molar-refractivity contribution in [3.8, 4) is 0 Å². The van der Waals surface area contributed by atoms with Gasteiger partial charge in [0.25, 0.3) is 0 Å². The molecule has 1 amide bonds. The monoisotopic (exact) mass is 332 g/mol. The van der Waals surface area contributed by atoms with E-state index in [9.17, 15) is 4.79 Å². The molecule has 1 aliphatic heterocycles. The highest BCUT2D eigenvalue weighted by molar-refractivity contribution is 7.99. The SMILES string of the molecule is CC(NC(=O)CC1CSCCN1)c1ccc(Cl)c(Cl)c1. The maximum absolute atomic E-state index is 12.0.